The highest BCUT2D eigenvalue weighted by Crippen LogP contribution is 2.23. The molecule has 0 aliphatic rings. The Morgan fingerprint density at radius 3 is 2.80 bits per heavy atom. The minimum absolute atomic E-state index is 0.139. The van der Waals surface area contributed by atoms with E-state index >= 15 is 0 Å². The third-order valence-electron chi connectivity index (χ3n) is 2.33. The lowest BCUT2D eigenvalue weighted by Crippen LogP contribution is -2.27. The Bertz CT molecular complexity index is 316. The average molecular weight is 225 g/mol. The van der Waals surface area contributed by atoms with Crippen molar-refractivity contribution in [1.29, 1.82) is 0 Å². The predicted molar refractivity (Wildman–Crippen MR) is 65.7 cm³/mol. The molecule has 1 rings (SSSR count). The van der Waals surface area contributed by atoms with Gasteiger partial charge in [0.1, 0.15) is 0 Å². The highest BCUT2D eigenvalue weighted by Gasteiger charge is 2.09. The molecule has 0 saturated heterocycles. The summed E-state index contributed by atoms with van der Waals surface area (Å²) in [7, 11) is 0. The molecule has 0 bridgehead atoms. The van der Waals surface area contributed by atoms with Gasteiger partial charge in [-0.3, -0.25) is 11.3 Å². The Kier molecular flexibility index (Phi) is 4.82. The van der Waals surface area contributed by atoms with Crippen molar-refractivity contribution >= 4 is 11.6 Å². The number of hydrogen-bond donors (Lipinski definition) is 2. The highest BCUT2D eigenvalue weighted by atomic mass is 35.5. The van der Waals surface area contributed by atoms with Crippen LogP contribution in [0.1, 0.15) is 30.0 Å². The first-order chi connectivity index (χ1) is 7.17. The van der Waals surface area contributed by atoms with Crippen molar-refractivity contribution in [2.45, 2.75) is 25.8 Å². The number of hydrazine groups is 1. The van der Waals surface area contributed by atoms with Crippen LogP contribution in [0.15, 0.2) is 30.9 Å². The minimum Gasteiger partial charge on any atom is -0.271 e. The molecule has 0 aromatic heterocycles. The van der Waals surface area contributed by atoms with Gasteiger partial charge in [0.05, 0.1) is 0 Å². The topological polar surface area (TPSA) is 38.0 Å². The van der Waals surface area contributed by atoms with Crippen molar-refractivity contribution in [2.24, 2.45) is 5.84 Å². The first-order valence-electron chi connectivity index (χ1n) is 5.01. The quantitative estimate of drug-likeness (QED) is 0.458. The van der Waals surface area contributed by atoms with Gasteiger partial charge < -0.3 is 0 Å². The summed E-state index contributed by atoms with van der Waals surface area (Å²) in [6, 6.07) is 6.12. The molecule has 0 amide bonds. The van der Waals surface area contributed by atoms with Crippen LogP contribution in [0.2, 0.25) is 5.02 Å². The van der Waals surface area contributed by atoms with Crippen LogP contribution >= 0.6 is 11.6 Å². The van der Waals surface area contributed by atoms with Crippen molar-refractivity contribution in [3.8, 4) is 0 Å². The maximum atomic E-state index is 6.00. The summed E-state index contributed by atoms with van der Waals surface area (Å²) in [5, 5.41) is 0.754. The summed E-state index contributed by atoms with van der Waals surface area (Å²) in [5.74, 6) is 5.52. The van der Waals surface area contributed by atoms with Crippen LogP contribution in [0.5, 0.6) is 0 Å². The zero-order valence-corrected chi connectivity index (χ0v) is 9.72. The number of aryl methyl sites for hydroxylation is 1. The lowest BCUT2D eigenvalue weighted by Gasteiger charge is -2.16. The van der Waals surface area contributed by atoms with Crippen LogP contribution in [0.25, 0.3) is 0 Å². The molecule has 0 saturated carbocycles. The van der Waals surface area contributed by atoms with Gasteiger partial charge in [-0.1, -0.05) is 23.7 Å². The molecule has 82 valence electrons. The Morgan fingerprint density at radius 2 is 2.27 bits per heavy atom. The summed E-state index contributed by atoms with van der Waals surface area (Å²) in [6.07, 6.45) is 3.75. The first-order valence-corrected chi connectivity index (χ1v) is 5.39. The third-order valence-corrected chi connectivity index (χ3v) is 2.55. The fourth-order valence-corrected chi connectivity index (χ4v) is 1.89. The second-order valence-electron chi connectivity index (χ2n) is 3.65. The van der Waals surface area contributed by atoms with Gasteiger partial charge in [-0.15, -0.1) is 6.58 Å². The number of rotatable bonds is 5. The van der Waals surface area contributed by atoms with Gasteiger partial charge in [-0.25, -0.2) is 0 Å². The van der Waals surface area contributed by atoms with E-state index in [0.717, 1.165) is 29.0 Å². The van der Waals surface area contributed by atoms with Crippen LogP contribution in [0, 0.1) is 6.92 Å². The van der Waals surface area contributed by atoms with E-state index in [2.05, 4.69) is 18.1 Å². The molecule has 0 aliphatic heterocycles. The van der Waals surface area contributed by atoms with E-state index in [0.29, 0.717) is 0 Å². The van der Waals surface area contributed by atoms with Crippen molar-refractivity contribution in [1.82, 2.24) is 5.43 Å². The van der Waals surface area contributed by atoms with E-state index in [1.54, 1.807) is 0 Å². The van der Waals surface area contributed by atoms with Gasteiger partial charge in [0, 0.05) is 11.1 Å². The molecule has 0 fully saturated rings. The Hall–Kier alpha value is -0.830. The molecule has 1 unspecified atom stereocenters. The van der Waals surface area contributed by atoms with Crippen molar-refractivity contribution in [3.05, 3.63) is 47.0 Å². The number of allylic oxidation sites excluding steroid dienone is 1. The van der Waals surface area contributed by atoms with Crippen LogP contribution in [-0.2, 0) is 0 Å². The highest BCUT2D eigenvalue weighted by molar-refractivity contribution is 6.30. The molecule has 3 heteroatoms. The van der Waals surface area contributed by atoms with Crippen LogP contribution in [0.3, 0.4) is 0 Å². The lowest BCUT2D eigenvalue weighted by molar-refractivity contribution is 0.520. The minimum atomic E-state index is 0.139. The van der Waals surface area contributed by atoms with Gasteiger partial charge in [0.15, 0.2) is 0 Å². The van der Waals surface area contributed by atoms with E-state index in [4.69, 9.17) is 17.4 Å². The maximum absolute atomic E-state index is 6.00. The molecule has 2 nitrogen and oxygen atoms in total. The predicted octanol–water partition coefficient (Wildman–Crippen LogP) is 3.12. The summed E-state index contributed by atoms with van der Waals surface area (Å²) in [6.45, 7) is 5.73. The number of nitrogens with one attached hydrogen (secondary N) is 1. The van der Waals surface area contributed by atoms with Crippen molar-refractivity contribution in [2.75, 3.05) is 0 Å². The smallest absolute Gasteiger partial charge is 0.0463 e. The normalized spacial score (nSPS) is 12.5. The fourth-order valence-electron chi connectivity index (χ4n) is 1.60. The van der Waals surface area contributed by atoms with Gasteiger partial charge in [0.25, 0.3) is 0 Å². The first kappa shape index (κ1) is 12.2. The van der Waals surface area contributed by atoms with E-state index in [1.165, 1.54) is 0 Å². The summed E-state index contributed by atoms with van der Waals surface area (Å²) >= 11 is 6.00. The van der Waals surface area contributed by atoms with Crippen molar-refractivity contribution in [3.63, 3.8) is 0 Å². The van der Waals surface area contributed by atoms with E-state index < -0.39 is 0 Å². The number of halogens is 1. The second kappa shape index (κ2) is 5.91. The zero-order chi connectivity index (χ0) is 11.3. The molecule has 3 N–H and O–H groups in total. The fraction of sp³-hybridized carbons (Fsp3) is 0.333. The molecular weight excluding hydrogens is 208 g/mol. The van der Waals surface area contributed by atoms with E-state index in [9.17, 15) is 0 Å². The molecule has 1 atom stereocenters. The van der Waals surface area contributed by atoms with E-state index in [-0.39, 0.29) is 6.04 Å². The van der Waals surface area contributed by atoms with Crippen LogP contribution in [0.4, 0.5) is 0 Å². The van der Waals surface area contributed by atoms with E-state index in [1.807, 2.05) is 25.1 Å². The monoisotopic (exact) mass is 224 g/mol. The molecule has 1 aromatic carbocycles. The molecule has 1 aromatic rings. The van der Waals surface area contributed by atoms with Gasteiger partial charge >= 0.3 is 0 Å². The molecule has 15 heavy (non-hydrogen) atoms. The molecule has 0 heterocycles. The second-order valence-corrected chi connectivity index (χ2v) is 4.08. The standard InChI is InChI=1S/C12H17ClN2/c1-3-4-5-12(15-14)10-6-9(2)7-11(13)8-10/h3,6-8,12,15H,1,4-5,14H2,2H3. The van der Waals surface area contributed by atoms with Crippen LogP contribution in [-0.4, -0.2) is 0 Å². The molecular formula is C12H17ClN2. The largest absolute Gasteiger partial charge is 0.271 e. The molecule has 0 radical (unpaired) electrons. The number of hydrogen-bond acceptors (Lipinski definition) is 2. The van der Waals surface area contributed by atoms with Crippen LogP contribution < -0.4 is 11.3 Å². The molecule has 0 aliphatic carbocycles. The maximum Gasteiger partial charge on any atom is 0.0463 e. The molecule has 0 spiro atoms. The Labute approximate surface area is 96.1 Å². The van der Waals surface area contributed by atoms with Crippen molar-refractivity contribution < 1.29 is 0 Å². The van der Waals surface area contributed by atoms with Gasteiger partial charge in [-0.05, 0) is 43.0 Å². The summed E-state index contributed by atoms with van der Waals surface area (Å²) in [4.78, 5) is 0. The SMILES string of the molecule is C=CCCC(NN)c1cc(C)cc(Cl)c1. The summed E-state index contributed by atoms with van der Waals surface area (Å²) in [5.41, 5.74) is 5.08. The average Bonchev–Trinajstić information content (AvgIpc) is 2.17. The number of nitrogens with two attached hydrogens (primary N) is 1. The third kappa shape index (κ3) is 3.67. The zero-order valence-electron chi connectivity index (χ0n) is 8.96. The Morgan fingerprint density at radius 1 is 1.53 bits per heavy atom. The van der Waals surface area contributed by atoms with Gasteiger partial charge in [-0.2, -0.15) is 0 Å². The lowest BCUT2D eigenvalue weighted by atomic mass is 10.0. The van der Waals surface area contributed by atoms with Gasteiger partial charge in [0.2, 0.25) is 0 Å². The number of benzene rings is 1. The summed E-state index contributed by atoms with van der Waals surface area (Å²) < 4.78 is 0. The Balaban J connectivity index is 2.85.